The van der Waals surface area contributed by atoms with Gasteiger partial charge in [0, 0.05) is 45.5 Å². The Bertz CT molecular complexity index is 1110. The van der Waals surface area contributed by atoms with Crippen molar-refractivity contribution in [2.45, 2.75) is 57.2 Å². The molecule has 0 spiro atoms. The fourth-order valence-electron chi connectivity index (χ4n) is 5.82. The zero-order valence-corrected chi connectivity index (χ0v) is 19.3. The maximum absolute atomic E-state index is 5.14. The van der Waals surface area contributed by atoms with Crippen molar-refractivity contribution >= 4 is 16.7 Å². The van der Waals surface area contributed by atoms with Crippen molar-refractivity contribution < 1.29 is 0 Å². The van der Waals surface area contributed by atoms with Gasteiger partial charge in [0.2, 0.25) is 0 Å². The number of nitrogens with one attached hydrogen (secondary N) is 1. The maximum Gasteiger partial charge on any atom is 0.126 e. The van der Waals surface area contributed by atoms with E-state index in [1.54, 1.807) is 0 Å². The van der Waals surface area contributed by atoms with Gasteiger partial charge in [0.15, 0.2) is 0 Å². The van der Waals surface area contributed by atoms with Gasteiger partial charge in [-0.05, 0) is 62.8 Å². The number of piperidine rings is 1. The van der Waals surface area contributed by atoms with E-state index in [2.05, 4.69) is 57.9 Å². The Labute approximate surface area is 190 Å². The molecule has 2 aliphatic heterocycles. The first-order valence-corrected chi connectivity index (χ1v) is 12.3. The smallest absolute Gasteiger partial charge is 0.126 e. The number of anilines is 1. The van der Waals surface area contributed by atoms with E-state index in [0.29, 0.717) is 6.04 Å². The molecule has 0 amide bonds. The van der Waals surface area contributed by atoms with Crippen LogP contribution in [0.25, 0.3) is 11.0 Å². The molecule has 1 N–H and O–H groups in total. The van der Waals surface area contributed by atoms with E-state index in [1.807, 2.05) is 12.3 Å². The molecule has 3 aromatic rings. The van der Waals surface area contributed by atoms with Gasteiger partial charge < -0.3 is 9.47 Å². The van der Waals surface area contributed by atoms with Crippen molar-refractivity contribution in [3.05, 3.63) is 53.6 Å². The molecule has 0 unspecified atom stereocenters. The number of rotatable bonds is 4. The lowest BCUT2D eigenvalue weighted by Crippen LogP contribution is -2.47. The van der Waals surface area contributed by atoms with Gasteiger partial charge in [-0.3, -0.25) is 15.2 Å². The van der Waals surface area contributed by atoms with Crippen LogP contribution in [0.5, 0.6) is 0 Å². The van der Waals surface area contributed by atoms with Crippen molar-refractivity contribution in [1.29, 1.82) is 0 Å². The second-order valence-corrected chi connectivity index (χ2v) is 9.84. The quantitative estimate of drug-likeness (QED) is 0.675. The number of hydrogen-bond donors (Lipinski definition) is 1. The molecule has 2 saturated heterocycles. The van der Waals surface area contributed by atoms with Crippen molar-refractivity contribution in [3.8, 4) is 0 Å². The van der Waals surface area contributed by atoms with E-state index in [1.165, 1.54) is 54.8 Å². The molecule has 1 saturated carbocycles. The van der Waals surface area contributed by atoms with E-state index >= 15 is 0 Å². The number of pyridine rings is 1. The van der Waals surface area contributed by atoms with Crippen LogP contribution in [0.15, 0.2) is 36.5 Å². The van der Waals surface area contributed by atoms with Gasteiger partial charge in [0.25, 0.3) is 0 Å². The third kappa shape index (κ3) is 3.59. The van der Waals surface area contributed by atoms with Gasteiger partial charge in [-0.15, -0.1) is 0 Å². The minimum absolute atomic E-state index is 0.257. The summed E-state index contributed by atoms with van der Waals surface area (Å²) in [5.41, 5.74) is 6.18. The number of aromatic nitrogens is 3. The predicted molar refractivity (Wildman–Crippen MR) is 129 cm³/mol. The molecule has 2 aromatic heterocycles. The highest BCUT2D eigenvalue weighted by molar-refractivity contribution is 5.89. The highest BCUT2D eigenvalue weighted by Gasteiger charge is 2.32. The van der Waals surface area contributed by atoms with Crippen LogP contribution >= 0.6 is 0 Å². The summed E-state index contributed by atoms with van der Waals surface area (Å²) >= 11 is 0. The average molecular weight is 431 g/mol. The van der Waals surface area contributed by atoms with Crippen LogP contribution in [0, 0.1) is 6.92 Å². The van der Waals surface area contributed by atoms with Gasteiger partial charge in [-0.1, -0.05) is 12.1 Å². The zero-order valence-electron chi connectivity index (χ0n) is 19.3. The summed E-state index contributed by atoms with van der Waals surface area (Å²) in [4.78, 5) is 15.1. The highest BCUT2D eigenvalue weighted by atomic mass is 15.3. The molecule has 6 rings (SSSR count). The summed E-state index contributed by atoms with van der Waals surface area (Å²) in [6.45, 7) is 6.75. The summed E-state index contributed by atoms with van der Waals surface area (Å²) in [6.07, 6.45) is 8.15. The second-order valence-electron chi connectivity index (χ2n) is 9.84. The fraction of sp³-hybridized carbons (Fsp3) is 0.538. The Morgan fingerprint density at radius 3 is 2.53 bits per heavy atom. The summed E-state index contributed by atoms with van der Waals surface area (Å²) in [6, 6.07) is 12.2. The topological polar surface area (TPSA) is 49.2 Å². The lowest BCUT2D eigenvalue weighted by atomic mass is 9.94. The SMILES string of the molecule is Cc1cccnc1[C@@H]1CCC[C@H](c2nc3cccc(N4CCN(C5CC5)CC4)c3n2C)N1. The molecule has 2 atom stereocenters. The minimum atomic E-state index is 0.257. The maximum atomic E-state index is 5.14. The van der Waals surface area contributed by atoms with Crippen LogP contribution in [0.3, 0.4) is 0 Å². The number of piperazine rings is 1. The molecular formula is C26H34N6. The van der Waals surface area contributed by atoms with Crippen molar-refractivity contribution in [2.75, 3.05) is 31.1 Å². The van der Waals surface area contributed by atoms with Crippen LogP contribution in [-0.2, 0) is 7.05 Å². The molecule has 4 heterocycles. The van der Waals surface area contributed by atoms with Crippen LogP contribution in [0.2, 0.25) is 0 Å². The number of fused-ring (bicyclic) bond motifs is 1. The Morgan fingerprint density at radius 1 is 0.938 bits per heavy atom. The number of imidazole rings is 1. The molecule has 1 aliphatic carbocycles. The van der Waals surface area contributed by atoms with Gasteiger partial charge >= 0.3 is 0 Å². The predicted octanol–water partition coefficient (Wildman–Crippen LogP) is 4.12. The number of nitrogens with zero attached hydrogens (tertiary/aromatic N) is 5. The standard InChI is InChI=1S/C26H34N6/c1-18-6-5-13-27-24(18)20-7-3-9-22(28-20)26-29-21-8-4-10-23(25(21)30(26)2)32-16-14-31(15-17-32)19-11-12-19/h4-6,8,10,13,19-20,22,28H,3,7,9,11-12,14-17H2,1-2H3/t20-,22+/m0/s1. The summed E-state index contributed by atoms with van der Waals surface area (Å²) < 4.78 is 2.35. The monoisotopic (exact) mass is 430 g/mol. The number of para-hydroxylation sites is 1. The molecule has 3 fully saturated rings. The van der Waals surface area contributed by atoms with Gasteiger partial charge in [0.1, 0.15) is 5.82 Å². The summed E-state index contributed by atoms with van der Waals surface area (Å²) in [5, 5.41) is 3.89. The Balaban J connectivity index is 1.28. The molecule has 1 aromatic carbocycles. The van der Waals surface area contributed by atoms with Crippen molar-refractivity contribution in [1.82, 2.24) is 24.8 Å². The Hall–Kier alpha value is -2.44. The average Bonchev–Trinajstić information content (AvgIpc) is 3.63. The number of hydrogen-bond acceptors (Lipinski definition) is 5. The lowest BCUT2D eigenvalue weighted by Gasteiger charge is -2.36. The summed E-state index contributed by atoms with van der Waals surface area (Å²) in [5.74, 6) is 1.15. The Morgan fingerprint density at radius 2 is 1.75 bits per heavy atom. The lowest BCUT2D eigenvalue weighted by molar-refractivity contribution is 0.248. The molecule has 0 bridgehead atoms. The third-order valence-corrected chi connectivity index (χ3v) is 7.71. The van der Waals surface area contributed by atoms with Crippen LogP contribution in [-0.4, -0.2) is 51.7 Å². The first kappa shape index (κ1) is 20.2. The summed E-state index contributed by atoms with van der Waals surface area (Å²) in [7, 11) is 2.20. The van der Waals surface area contributed by atoms with E-state index in [9.17, 15) is 0 Å². The first-order valence-electron chi connectivity index (χ1n) is 12.3. The van der Waals surface area contributed by atoms with E-state index in [-0.39, 0.29) is 6.04 Å². The first-order chi connectivity index (χ1) is 15.7. The van der Waals surface area contributed by atoms with Gasteiger partial charge in [0.05, 0.1) is 34.5 Å². The number of aryl methyl sites for hydroxylation is 2. The van der Waals surface area contributed by atoms with E-state index in [0.717, 1.165) is 43.3 Å². The van der Waals surface area contributed by atoms with Gasteiger partial charge in [-0.2, -0.15) is 0 Å². The third-order valence-electron chi connectivity index (χ3n) is 7.71. The van der Waals surface area contributed by atoms with Crippen molar-refractivity contribution in [2.24, 2.45) is 7.05 Å². The largest absolute Gasteiger partial charge is 0.367 e. The molecule has 0 radical (unpaired) electrons. The second kappa shape index (κ2) is 8.16. The molecular weight excluding hydrogens is 396 g/mol. The van der Waals surface area contributed by atoms with Crippen LogP contribution in [0.1, 0.15) is 61.3 Å². The molecule has 3 aliphatic rings. The molecule has 6 heteroatoms. The van der Waals surface area contributed by atoms with Crippen LogP contribution in [0.4, 0.5) is 5.69 Å². The normalized spacial score (nSPS) is 24.9. The molecule has 168 valence electrons. The van der Waals surface area contributed by atoms with E-state index < -0.39 is 0 Å². The van der Waals surface area contributed by atoms with Crippen molar-refractivity contribution in [3.63, 3.8) is 0 Å². The molecule has 32 heavy (non-hydrogen) atoms. The molecule has 6 nitrogen and oxygen atoms in total. The zero-order chi connectivity index (χ0) is 21.7. The minimum Gasteiger partial charge on any atom is -0.367 e. The fourth-order valence-corrected chi connectivity index (χ4v) is 5.82. The number of benzene rings is 1. The van der Waals surface area contributed by atoms with E-state index in [4.69, 9.17) is 9.97 Å². The van der Waals surface area contributed by atoms with Crippen LogP contribution < -0.4 is 10.2 Å². The van der Waals surface area contributed by atoms with Gasteiger partial charge in [-0.25, -0.2) is 4.98 Å². The Kier molecular flexibility index (Phi) is 5.15. The highest BCUT2D eigenvalue weighted by Crippen LogP contribution is 2.36.